The van der Waals surface area contributed by atoms with Crippen molar-refractivity contribution in [3.05, 3.63) is 68.9 Å². The first kappa shape index (κ1) is 16.7. The molecule has 0 unspecified atom stereocenters. The Morgan fingerprint density at radius 1 is 1.28 bits per heavy atom. The predicted molar refractivity (Wildman–Crippen MR) is 91.6 cm³/mol. The minimum Gasteiger partial charge on any atom is -0.478 e. The number of hydrogen-bond donors (Lipinski definition) is 1. The first-order valence-corrected chi connectivity index (χ1v) is 7.49. The molecule has 0 radical (unpaired) electrons. The topological polar surface area (TPSA) is 103 Å². The van der Waals surface area contributed by atoms with Gasteiger partial charge in [-0.15, -0.1) is 0 Å². The molecule has 1 N–H and O–H groups in total. The number of carbonyl (C=O) groups is 1. The Morgan fingerprint density at radius 3 is 2.72 bits per heavy atom. The zero-order valence-corrected chi connectivity index (χ0v) is 13.6. The third kappa shape index (κ3) is 3.22. The summed E-state index contributed by atoms with van der Waals surface area (Å²) in [6.07, 6.45) is 1.52. The molecule has 0 spiro atoms. The van der Waals surface area contributed by atoms with Gasteiger partial charge in [-0.3, -0.25) is 15.1 Å². The van der Waals surface area contributed by atoms with Crippen LogP contribution >= 0.6 is 11.6 Å². The highest BCUT2D eigenvalue weighted by atomic mass is 35.5. The minimum atomic E-state index is -1.06. The van der Waals surface area contributed by atoms with Crippen LogP contribution in [-0.4, -0.2) is 21.0 Å². The fraction of sp³-hybridized carbons (Fsp3) is 0.0588. The maximum Gasteiger partial charge on any atom is 0.335 e. The molecule has 1 heterocycles. The van der Waals surface area contributed by atoms with Crippen LogP contribution in [0.4, 0.5) is 5.69 Å². The van der Waals surface area contributed by atoms with Crippen molar-refractivity contribution in [2.45, 2.75) is 6.92 Å². The van der Waals surface area contributed by atoms with Gasteiger partial charge in [0, 0.05) is 11.6 Å². The molecule has 0 atom stereocenters. The summed E-state index contributed by atoms with van der Waals surface area (Å²) in [5.41, 5.74) is 0.988. The van der Waals surface area contributed by atoms with Crippen LogP contribution in [0.2, 0.25) is 5.02 Å². The molecule has 0 bridgehead atoms. The van der Waals surface area contributed by atoms with E-state index >= 15 is 0 Å². The van der Waals surface area contributed by atoms with Gasteiger partial charge < -0.3 is 9.84 Å². The molecule has 0 aliphatic carbocycles. The number of nitrogens with zero attached hydrogens (tertiary/aromatic N) is 2. The van der Waals surface area contributed by atoms with Crippen LogP contribution in [-0.2, 0) is 0 Å². The summed E-state index contributed by atoms with van der Waals surface area (Å²) in [4.78, 5) is 25.9. The van der Waals surface area contributed by atoms with E-state index in [4.69, 9.17) is 16.3 Å². The third-order valence-corrected chi connectivity index (χ3v) is 3.94. The number of fused-ring (bicyclic) bond motifs is 1. The number of hydrogen-bond acceptors (Lipinski definition) is 5. The number of pyridine rings is 1. The molecule has 0 aliphatic rings. The lowest BCUT2D eigenvalue weighted by Crippen LogP contribution is -2.00. The molecule has 0 saturated heterocycles. The Bertz CT molecular complexity index is 1020. The van der Waals surface area contributed by atoms with Gasteiger partial charge in [0.2, 0.25) is 0 Å². The maximum atomic E-state index is 11.3. The standard InChI is InChI=1S/C17H11ClN2O5/c1-9-6-14-12(8-11(9)17(21)22)16(4-5-19-14)25-10-2-3-13(18)15(7-10)20(23)24/h2-8H,1H3,(H,21,22). The number of carboxylic acids is 1. The van der Waals surface area contributed by atoms with Crippen molar-refractivity contribution < 1.29 is 19.6 Å². The second-order valence-electron chi connectivity index (χ2n) is 5.27. The molecule has 0 fully saturated rings. The zero-order valence-electron chi connectivity index (χ0n) is 12.9. The summed E-state index contributed by atoms with van der Waals surface area (Å²) in [6.45, 7) is 1.68. The molecule has 2 aromatic carbocycles. The lowest BCUT2D eigenvalue weighted by Gasteiger charge is -2.10. The summed E-state index contributed by atoms with van der Waals surface area (Å²) in [7, 11) is 0. The Hall–Kier alpha value is -3.19. The molecule has 3 aromatic rings. The molecular weight excluding hydrogens is 348 g/mol. The molecule has 0 saturated carbocycles. The van der Waals surface area contributed by atoms with E-state index in [9.17, 15) is 20.0 Å². The van der Waals surface area contributed by atoms with Crippen LogP contribution in [0.3, 0.4) is 0 Å². The first-order chi connectivity index (χ1) is 11.9. The van der Waals surface area contributed by atoms with Crippen molar-refractivity contribution in [1.29, 1.82) is 0 Å². The van der Waals surface area contributed by atoms with Crippen LogP contribution in [0.1, 0.15) is 15.9 Å². The van der Waals surface area contributed by atoms with Crippen molar-refractivity contribution in [2.24, 2.45) is 0 Å². The van der Waals surface area contributed by atoms with Crippen molar-refractivity contribution in [3.8, 4) is 11.5 Å². The van der Waals surface area contributed by atoms with Crippen LogP contribution in [0.5, 0.6) is 11.5 Å². The normalized spacial score (nSPS) is 10.6. The predicted octanol–water partition coefficient (Wildman–Crippen LogP) is 4.60. The van der Waals surface area contributed by atoms with Gasteiger partial charge in [-0.05, 0) is 42.8 Å². The van der Waals surface area contributed by atoms with Crippen molar-refractivity contribution >= 4 is 34.2 Å². The number of aromatic carboxylic acids is 1. The number of halogens is 1. The zero-order chi connectivity index (χ0) is 18.1. The fourth-order valence-electron chi connectivity index (χ4n) is 2.41. The molecule has 0 amide bonds. The van der Waals surface area contributed by atoms with E-state index in [0.29, 0.717) is 22.2 Å². The van der Waals surface area contributed by atoms with Gasteiger partial charge in [0.25, 0.3) is 5.69 Å². The van der Waals surface area contributed by atoms with Crippen molar-refractivity contribution in [3.63, 3.8) is 0 Å². The van der Waals surface area contributed by atoms with Gasteiger partial charge in [-0.25, -0.2) is 4.79 Å². The highest BCUT2D eigenvalue weighted by Crippen LogP contribution is 2.34. The largest absolute Gasteiger partial charge is 0.478 e. The molecule has 25 heavy (non-hydrogen) atoms. The summed E-state index contributed by atoms with van der Waals surface area (Å²) < 4.78 is 5.72. The lowest BCUT2D eigenvalue weighted by molar-refractivity contribution is -0.384. The number of ether oxygens (including phenoxy) is 1. The Morgan fingerprint density at radius 2 is 2.04 bits per heavy atom. The average molecular weight is 359 g/mol. The van der Waals surface area contributed by atoms with Crippen LogP contribution in [0, 0.1) is 17.0 Å². The molecule has 7 nitrogen and oxygen atoms in total. The van der Waals surface area contributed by atoms with E-state index in [1.807, 2.05) is 0 Å². The number of nitro benzene ring substituents is 1. The molecule has 8 heteroatoms. The number of carboxylic acid groups (broad SMARTS) is 1. The van der Waals surface area contributed by atoms with Gasteiger partial charge in [0.05, 0.1) is 22.1 Å². The molecule has 1 aromatic heterocycles. The van der Waals surface area contributed by atoms with Gasteiger partial charge >= 0.3 is 5.97 Å². The van der Waals surface area contributed by atoms with Crippen molar-refractivity contribution in [1.82, 2.24) is 4.98 Å². The van der Waals surface area contributed by atoms with Gasteiger partial charge in [0.1, 0.15) is 16.5 Å². The third-order valence-electron chi connectivity index (χ3n) is 3.62. The summed E-state index contributed by atoms with van der Waals surface area (Å²) in [5.74, 6) is -0.512. The van der Waals surface area contributed by atoms with E-state index < -0.39 is 10.9 Å². The molecule has 3 rings (SSSR count). The number of benzene rings is 2. The van der Waals surface area contributed by atoms with Gasteiger partial charge in [-0.1, -0.05) is 11.6 Å². The Balaban J connectivity index is 2.10. The lowest BCUT2D eigenvalue weighted by atomic mass is 10.0. The Kier molecular flexibility index (Phi) is 4.24. The van der Waals surface area contributed by atoms with Crippen LogP contribution < -0.4 is 4.74 Å². The molecular formula is C17H11ClN2O5. The summed E-state index contributed by atoms with van der Waals surface area (Å²) >= 11 is 5.79. The maximum absolute atomic E-state index is 11.3. The minimum absolute atomic E-state index is 0.000671. The summed E-state index contributed by atoms with van der Waals surface area (Å²) in [5, 5.41) is 20.8. The monoisotopic (exact) mass is 358 g/mol. The van der Waals surface area contributed by atoms with E-state index in [1.165, 1.54) is 30.5 Å². The SMILES string of the molecule is Cc1cc2nccc(Oc3ccc(Cl)c([N+](=O)[O-])c3)c2cc1C(=O)O. The number of aryl methyl sites for hydroxylation is 1. The van der Waals surface area contributed by atoms with Gasteiger partial charge in [-0.2, -0.15) is 0 Å². The Labute approximate surface area is 146 Å². The van der Waals surface area contributed by atoms with Crippen LogP contribution in [0.15, 0.2) is 42.6 Å². The van der Waals surface area contributed by atoms with E-state index in [2.05, 4.69) is 4.98 Å². The number of aromatic nitrogens is 1. The smallest absolute Gasteiger partial charge is 0.335 e. The van der Waals surface area contributed by atoms with E-state index in [0.717, 1.165) is 0 Å². The second kappa shape index (κ2) is 6.37. The summed E-state index contributed by atoms with van der Waals surface area (Å²) in [6, 6.07) is 8.75. The molecule has 0 aliphatic heterocycles. The number of rotatable bonds is 4. The fourth-order valence-corrected chi connectivity index (χ4v) is 2.60. The second-order valence-corrected chi connectivity index (χ2v) is 5.68. The average Bonchev–Trinajstić information content (AvgIpc) is 2.55. The highest BCUT2D eigenvalue weighted by Gasteiger charge is 2.16. The highest BCUT2D eigenvalue weighted by molar-refractivity contribution is 6.32. The quantitative estimate of drug-likeness (QED) is 0.540. The van der Waals surface area contributed by atoms with Crippen LogP contribution in [0.25, 0.3) is 10.9 Å². The van der Waals surface area contributed by atoms with E-state index in [-0.39, 0.29) is 22.0 Å². The first-order valence-electron chi connectivity index (χ1n) is 7.11. The van der Waals surface area contributed by atoms with Crippen molar-refractivity contribution in [2.75, 3.05) is 0 Å². The van der Waals surface area contributed by atoms with Gasteiger partial charge in [0.15, 0.2) is 0 Å². The molecule has 126 valence electrons. The number of nitro groups is 1. The van der Waals surface area contributed by atoms with E-state index in [1.54, 1.807) is 19.1 Å².